The maximum absolute atomic E-state index is 11.2. The minimum absolute atomic E-state index is 0.334. The fourth-order valence-electron chi connectivity index (χ4n) is 2.99. The van der Waals surface area contributed by atoms with Crippen LogP contribution in [0.2, 0.25) is 0 Å². The molecule has 4 heteroatoms. The molecule has 0 amide bonds. The number of methoxy groups -OCH3 is 1. The van der Waals surface area contributed by atoms with E-state index in [9.17, 15) is 4.79 Å². The summed E-state index contributed by atoms with van der Waals surface area (Å²) in [5.41, 5.74) is 3.70. The smallest absolute Gasteiger partial charge is 0.330 e. The van der Waals surface area contributed by atoms with Crippen LogP contribution in [0.1, 0.15) is 40.7 Å². The molecule has 0 saturated carbocycles. The first-order valence-corrected chi connectivity index (χ1v) is 7.83. The lowest BCUT2D eigenvalue weighted by Gasteiger charge is -2.13. The summed E-state index contributed by atoms with van der Waals surface area (Å²) in [6, 6.07) is 10.7. The summed E-state index contributed by atoms with van der Waals surface area (Å²) in [6.45, 7) is 2.69. The highest BCUT2D eigenvalue weighted by Crippen LogP contribution is 2.32. The first-order valence-electron chi connectivity index (χ1n) is 7.83. The van der Waals surface area contributed by atoms with Gasteiger partial charge in [0.1, 0.15) is 11.5 Å². The van der Waals surface area contributed by atoms with Gasteiger partial charge >= 0.3 is 5.97 Å². The molecule has 0 bridgehead atoms. The number of esters is 1. The lowest BCUT2D eigenvalue weighted by Crippen LogP contribution is -2.18. The molecule has 1 aromatic heterocycles. The number of hydrogen-bond acceptors (Lipinski definition) is 4. The molecule has 1 N–H and O–H groups in total. The molecule has 4 nitrogen and oxygen atoms in total. The van der Waals surface area contributed by atoms with E-state index in [1.54, 1.807) is 6.08 Å². The van der Waals surface area contributed by atoms with Gasteiger partial charge in [-0.25, -0.2) is 4.79 Å². The molecule has 1 aliphatic carbocycles. The van der Waals surface area contributed by atoms with Crippen molar-refractivity contribution < 1.29 is 13.9 Å². The predicted molar refractivity (Wildman–Crippen MR) is 88.8 cm³/mol. The van der Waals surface area contributed by atoms with Gasteiger partial charge < -0.3 is 14.5 Å². The second-order valence-electron chi connectivity index (χ2n) is 5.80. The largest absolute Gasteiger partial charge is 0.466 e. The van der Waals surface area contributed by atoms with Crippen LogP contribution in [-0.2, 0) is 22.5 Å². The molecule has 1 aliphatic rings. The Bertz CT molecular complexity index is 730. The Morgan fingerprint density at radius 3 is 3.00 bits per heavy atom. The van der Waals surface area contributed by atoms with Gasteiger partial charge in [0.15, 0.2) is 0 Å². The molecule has 120 valence electrons. The average molecular weight is 311 g/mol. The highest BCUT2D eigenvalue weighted by atomic mass is 16.5. The molecule has 1 heterocycles. The summed E-state index contributed by atoms with van der Waals surface area (Å²) in [7, 11) is 1.38. The quantitative estimate of drug-likeness (QED) is 0.678. The minimum atomic E-state index is -0.334. The molecule has 0 aliphatic heterocycles. The van der Waals surface area contributed by atoms with Gasteiger partial charge in [-0.2, -0.15) is 0 Å². The summed E-state index contributed by atoms with van der Waals surface area (Å²) in [5, 5.41) is 3.56. The van der Waals surface area contributed by atoms with Crippen LogP contribution in [0.4, 0.5) is 0 Å². The van der Waals surface area contributed by atoms with E-state index in [2.05, 4.69) is 22.2 Å². The fraction of sp³-hybridized carbons (Fsp3) is 0.316. The maximum Gasteiger partial charge on any atom is 0.330 e. The number of carbonyl (C=O) groups is 1. The second kappa shape index (κ2) is 6.84. The van der Waals surface area contributed by atoms with Gasteiger partial charge in [0.2, 0.25) is 0 Å². The standard InChI is InChI=1S/C19H21NO3/c1-13-3-7-16(23-13)12-20-18-9-6-15-11-14(4-8-17(15)18)5-10-19(21)22-2/h3-5,7-8,10-11,18,20H,6,9,12H2,1-2H3/b10-5+. The summed E-state index contributed by atoms with van der Waals surface area (Å²) in [6.07, 6.45) is 5.37. The Morgan fingerprint density at radius 1 is 1.39 bits per heavy atom. The fourth-order valence-corrected chi connectivity index (χ4v) is 2.99. The number of carbonyl (C=O) groups excluding carboxylic acids is 1. The van der Waals surface area contributed by atoms with Crippen molar-refractivity contribution >= 4 is 12.0 Å². The van der Waals surface area contributed by atoms with Crippen LogP contribution >= 0.6 is 0 Å². The third-order valence-corrected chi connectivity index (χ3v) is 4.18. The zero-order valence-corrected chi connectivity index (χ0v) is 13.5. The van der Waals surface area contributed by atoms with E-state index < -0.39 is 0 Å². The van der Waals surface area contributed by atoms with E-state index in [-0.39, 0.29) is 5.97 Å². The third kappa shape index (κ3) is 3.71. The van der Waals surface area contributed by atoms with E-state index >= 15 is 0 Å². The number of furan rings is 1. The predicted octanol–water partition coefficient (Wildman–Crippen LogP) is 3.55. The molecule has 1 unspecified atom stereocenters. The number of rotatable bonds is 5. The molecular weight excluding hydrogens is 290 g/mol. The van der Waals surface area contributed by atoms with Gasteiger partial charge in [0.25, 0.3) is 0 Å². The van der Waals surface area contributed by atoms with Crippen molar-refractivity contribution in [1.29, 1.82) is 0 Å². The third-order valence-electron chi connectivity index (χ3n) is 4.18. The molecule has 3 rings (SSSR count). The first-order chi connectivity index (χ1) is 11.2. The molecule has 23 heavy (non-hydrogen) atoms. The Morgan fingerprint density at radius 2 is 2.26 bits per heavy atom. The summed E-state index contributed by atoms with van der Waals surface area (Å²) >= 11 is 0. The van der Waals surface area contributed by atoms with Crippen molar-refractivity contribution in [3.05, 3.63) is 64.6 Å². The first kappa shape index (κ1) is 15.6. The zero-order chi connectivity index (χ0) is 16.2. The summed E-state index contributed by atoms with van der Waals surface area (Å²) in [4.78, 5) is 11.2. The van der Waals surface area contributed by atoms with Crippen molar-refractivity contribution in [1.82, 2.24) is 5.32 Å². The van der Waals surface area contributed by atoms with Crippen molar-refractivity contribution in [2.45, 2.75) is 32.4 Å². The highest BCUT2D eigenvalue weighted by molar-refractivity contribution is 5.86. The average Bonchev–Trinajstić information content (AvgIpc) is 3.16. The van der Waals surface area contributed by atoms with Gasteiger partial charge in [-0.1, -0.05) is 18.2 Å². The van der Waals surface area contributed by atoms with Crippen molar-refractivity contribution in [3.8, 4) is 0 Å². The van der Waals surface area contributed by atoms with Gasteiger partial charge in [0.05, 0.1) is 13.7 Å². The summed E-state index contributed by atoms with van der Waals surface area (Å²) < 4.78 is 10.2. The molecular formula is C19H21NO3. The van der Waals surface area contributed by atoms with Crippen molar-refractivity contribution in [2.24, 2.45) is 0 Å². The maximum atomic E-state index is 11.2. The molecule has 2 aromatic rings. The van der Waals surface area contributed by atoms with Crippen LogP contribution in [0.15, 0.2) is 40.8 Å². The normalized spacial score (nSPS) is 16.7. The Kier molecular flexibility index (Phi) is 4.63. The van der Waals surface area contributed by atoms with E-state index in [1.165, 1.54) is 24.3 Å². The van der Waals surface area contributed by atoms with Crippen molar-refractivity contribution in [2.75, 3.05) is 7.11 Å². The van der Waals surface area contributed by atoms with E-state index in [0.717, 1.165) is 36.5 Å². The molecule has 0 saturated heterocycles. The van der Waals surface area contributed by atoms with E-state index in [0.29, 0.717) is 6.04 Å². The number of nitrogens with one attached hydrogen (secondary N) is 1. The SMILES string of the molecule is COC(=O)/C=C/c1ccc2c(c1)CCC2NCc1ccc(C)o1. The number of ether oxygens (including phenoxy) is 1. The van der Waals surface area contributed by atoms with Crippen LogP contribution in [0, 0.1) is 6.92 Å². The minimum Gasteiger partial charge on any atom is -0.466 e. The molecule has 0 fully saturated rings. The molecule has 1 aromatic carbocycles. The van der Waals surface area contributed by atoms with Crippen LogP contribution < -0.4 is 5.32 Å². The van der Waals surface area contributed by atoms with Gasteiger partial charge in [-0.15, -0.1) is 0 Å². The van der Waals surface area contributed by atoms with Gasteiger partial charge in [-0.05, 0) is 54.7 Å². The molecule has 0 radical (unpaired) electrons. The van der Waals surface area contributed by atoms with E-state index in [1.807, 2.05) is 25.1 Å². The number of aryl methyl sites for hydroxylation is 2. The summed E-state index contributed by atoms with van der Waals surface area (Å²) in [5.74, 6) is 1.57. The Balaban J connectivity index is 1.66. The molecule has 1 atom stereocenters. The highest BCUT2D eigenvalue weighted by Gasteiger charge is 2.22. The monoisotopic (exact) mass is 311 g/mol. The van der Waals surface area contributed by atoms with Crippen LogP contribution in [0.25, 0.3) is 6.08 Å². The van der Waals surface area contributed by atoms with Gasteiger partial charge in [0, 0.05) is 12.1 Å². The molecule has 0 spiro atoms. The Hall–Kier alpha value is -2.33. The number of fused-ring (bicyclic) bond motifs is 1. The lowest BCUT2D eigenvalue weighted by atomic mass is 10.0. The van der Waals surface area contributed by atoms with E-state index in [4.69, 9.17) is 4.42 Å². The topological polar surface area (TPSA) is 51.5 Å². The Labute approximate surface area is 136 Å². The second-order valence-corrected chi connectivity index (χ2v) is 5.80. The number of hydrogen-bond donors (Lipinski definition) is 1. The van der Waals surface area contributed by atoms with Crippen LogP contribution in [-0.4, -0.2) is 13.1 Å². The number of benzene rings is 1. The van der Waals surface area contributed by atoms with Crippen LogP contribution in [0.3, 0.4) is 0 Å². The van der Waals surface area contributed by atoms with Crippen LogP contribution in [0.5, 0.6) is 0 Å². The zero-order valence-electron chi connectivity index (χ0n) is 13.5. The lowest BCUT2D eigenvalue weighted by molar-refractivity contribution is -0.134. The van der Waals surface area contributed by atoms with Gasteiger partial charge in [-0.3, -0.25) is 0 Å². The van der Waals surface area contributed by atoms with Crippen molar-refractivity contribution in [3.63, 3.8) is 0 Å².